The van der Waals surface area contributed by atoms with E-state index in [-0.39, 0.29) is 12.4 Å². The van der Waals surface area contributed by atoms with Crippen LogP contribution < -0.4 is 4.74 Å². The number of benzene rings is 3. The van der Waals surface area contributed by atoms with Crippen LogP contribution in [-0.4, -0.2) is 78.0 Å². The highest BCUT2D eigenvalue weighted by atomic mass is 32.3. The largest absolute Gasteiger partial charge is 0.494 e. The van der Waals surface area contributed by atoms with Gasteiger partial charge in [-0.25, -0.2) is 4.79 Å². The molecule has 0 fully saturated rings. The van der Waals surface area contributed by atoms with Gasteiger partial charge in [-0.2, -0.15) is 101 Å². The predicted molar refractivity (Wildman–Crippen MR) is 187 cm³/mol. The molecule has 27 heteroatoms. The first-order valence-corrected chi connectivity index (χ1v) is 20.2. The zero-order valence-corrected chi connectivity index (χ0v) is 33.9. The van der Waals surface area contributed by atoms with Crippen LogP contribution in [0.25, 0.3) is 0 Å². The van der Waals surface area contributed by atoms with E-state index in [2.05, 4.69) is 0 Å². The molecule has 0 unspecified atom stereocenters. The number of unbranched alkanes of at least 4 members (excludes halogenated alkanes) is 6. The predicted octanol–water partition coefficient (Wildman–Crippen LogP) is 15.5. The van der Waals surface area contributed by atoms with Gasteiger partial charge in [0.1, 0.15) is 5.75 Å². The second-order valence-electron chi connectivity index (χ2n) is 14.2. The number of carbonyl (C=O) groups excluding carboxylic acids is 1. The Hall–Kier alpha value is -4.33. The molecule has 0 heterocycles. The first-order chi connectivity index (χ1) is 29.9. The number of hydrogen-bond donors (Lipinski definition) is 0. The van der Waals surface area contributed by atoms with Crippen LogP contribution >= 0.6 is 10.3 Å². The Kier molecular flexibility index (Phi) is 16.1. The van der Waals surface area contributed by atoms with Crippen molar-refractivity contribution >= 4 is 16.3 Å². The van der Waals surface area contributed by atoms with Gasteiger partial charge in [-0.05, 0) is 65.3 Å². The normalized spacial score (nSPS) is 14.8. The lowest BCUT2D eigenvalue weighted by Gasteiger charge is -2.45. The molecule has 0 saturated heterocycles. The molecule has 0 aliphatic rings. The van der Waals surface area contributed by atoms with Gasteiger partial charge in [0.25, 0.3) is 0 Å². The quantitative estimate of drug-likeness (QED) is 0.0701. The van der Waals surface area contributed by atoms with E-state index in [0.29, 0.717) is 6.42 Å². The van der Waals surface area contributed by atoms with Gasteiger partial charge in [0.2, 0.25) is 0 Å². The number of rotatable bonds is 23. The van der Waals surface area contributed by atoms with E-state index in [0.717, 1.165) is 111 Å². The van der Waals surface area contributed by atoms with Gasteiger partial charge in [0.15, 0.2) is 0 Å². The fourth-order valence-corrected chi connectivity index (χ4v) is 8.84. The van der Waals surface area contributed by atoms with Crippen LogP contribution in [0.1, 0.15) is 51.9 Å². The molecule has 0 bridgehead atoms. The zero-order valence-electron chi connectivity index (χ0n) is 33.1. The molecule has 0 saturated carbocycles. The third kappa shape index (κ3) is 9.05. The molecule has 0 aliphatic carbocycles. The van der Waals surface area contributed by atoms with Crippen LogP contribution in [0.5, 0.6) is 5.75 Å². The first-order valence-electron chi connectivity index (χ1n) is 18.6. The van der Waals surface area contributed by atoms with Gasteiger partial charge < -0.3 is 8.92 Å². The van der Waals surface area contributed by atoms with Crippen molar-refractivity contribution in [2.75, 3.05) is 6.61 Å². The van der Waals surface area contributed by atoms with E-state index < -0.39 is 96.4 Å². The minimum Gasteiger partial charge on any atom is -0.494 e. The fraction of sp³-hybridized carbons (Fsp3) is 0.513. The summed E-state index contributed by atoms with van der Waals surface area (Å²) >= 11 is 0. The molecule has 0 aromatic heterocycles. The molecule has 0 N–H and O–H groups in total. The molecule has 0 spiro atoms. The third-order valence-electron chi connectivity index (χ3n) is 9.68. The molecular weight excluding hydrogens is 985 g/mol. The van der Waals surface area contributed by atoms with E-state index in [1.54, 1.807) is 0 Å². The maximum Gasteiger partial charge on any atom is 0.460 e. The Labute approximate surface area is 360 Å². The van der Waals surface area contributed by atoms with Crippen molar-refractivity contribution in [1.82, 2.24) is 0 Å². The van der Waals surface area contributed by atoms with Crippen LogP contribution in [0.15, 0.2) is 99.6 Å². The molecule has 66 heavy (non-hydrogen) atoms. The van der Waals surface area contributed by atoms with E-state index >= 15 is 17.6 Å². The molecule has 0 radical (unpaired) electrons. The fourth-order valence-electron chi connectivity index (χ4n) is 5.80. The standard InChI is InChI=1S/C39H33F23O3S/c1-2-3-4-5-6-7-14-23-64-24-19-21-27(22-20-24)66(25-15-10-8-11-16-25,26-17-12-9-13-18-26)65-28(63)29(40,41)30(42,43)31(44,45)32(46,47)33(48,49)34(50,51)35(52,53)36(54,55)37(56,57)38(58,59)39(60,61)62/h8-13,15-22H,2-7,14,23H2,1H3. The molecule has 3 aromatic carbocycles. The summed E-state index contributed by atoms with van der Waals surface area (Å²) in [5, 5.41) is 0. The minimum absolute atomic E-state index is 0.0306. The van der Waals surface area contributed by atoms with Crippen LogP contribution in [0.3, 0.4) is 0 Å². The number of halogens is 23. The summed E-state index contributed by atoms with van der Waals surface area (Å²) in [6, 6.07) is 14.7. The van der Waals surface area contributed by atoms with Crippen molar-refractivity contribution in [3.05, 3.63) is 84.9 Å². The molecule has 374 valence electrons. The highest BCUT2D eigenvalue weighted by Gasteiger charge is 2.99. The van der Waals surface area contributed by atoms with Crippen LogP contribution in [0.4, 0.5) is 101 Å². The van der Waals surface area contributed by atoms with Crippen molar-refractivity contribution < 1.29 is 115 Å². The monoisotopic (exact) mass is 1020 g/mol. The topological polar surface area (TPSA) is 35.5 Å². The Bertz CT molecular complexity index is 2020. The van der Waals surface area contributed by atoms with Crippen LogP contribution in [-0.2, 0) is 8.98 Å². The number of hydrogen-bond acceptors (Lipinski definition) is 3. The van der Waals surface area contributed by atoms with Gasteiger partial charge in [-0.1, -0.05) is 81.8 Å². The summed E-state index contributed by atoms with van der Waals surface area (Å²) in [5.74, 6) is -94.6. The van der Waals surface area contributed by atoms with Gasteiger partial charge >= 0.3 is 71.4 Å². The highest BCUT2D eigenvalue weighted by Crippen LogP contribution is 2.71. The van der Waals surface area contributed by atoms with E-state index in [4.69, 9.17) is 8.92 Å². The third-order valence-corrected chi connectivity index (χ3v) is 12.9. The zero-order chi connectivity index (χ0) is 50.9. The molecule has 3 nitrogen and oxygen atoms in total. The minimum atomic E-state index is -9.57. The second-order valence-corrected chi connectivity index (χ2v) is 16.9. The van der Waals surface area contributed by atoms with Gasteiger partial charge in [0.05, 0.1) is 6.61 Å². The molecule has 0 atom stereocenters. The maximum atomic E-state index is 15.5. The summed E-state index contributed by atoms with van der Waals surface area (Å²) in [7, 11) is -4.45. The summed E-state index contributed by atoms with van der Waals surface area (Å²) in [5.41, 5.74) is 0. The number of carbonyl (C=O) groups is 1. The Morgan fingerprint density at radius 2 is 0.727 bits per heavy atom. The van der Waals surface area contributed by atoms with Gasteiger partial charge in [0, 0.05) is 14.7 Å². The molecule has 0 amide bonds. The molecule has 0 aliphatic heterocycles. The lowest BCUT2D eigenvalue weighted by Crippen LogP contribution is -2.78. The smallest absolute Gasteiger partial charge is 0.460 e. The van der Waals surface area contributed by atoms with E-state index in [1.807, 2.05) is 6.92 Å². The van der Waals surface area contributed by atoms with Gasteiger partial charge in [-0.3, -0.25) is 0 Å². The van der Waals surface area contributed by atoms with Crippen molar-refractivity contribution in [3.63, 3.8) is 0 Å². The average molecular weight is 1020 g/mol. The number of ether oxygens (including phenoxy) is 1. The summed E-state index contributed by atoms with van der Waals surface area (Å²) in [4.78, 5) is 11.7. The van der Waals surface area contributed by atoms with Gasteiger partial charge in [-0.15, -0.1) is 0 Å². The van der Waals surface area contributed by atoms with E-state index in [1.165, 1.54) is 12.1 Å². The van der Waals surface area contributed by atoms with Crippen LogP contribution in [0, 0.1) is 0 Å². The van der Waals surface area contributed by atoms with Crippen molar-refractivity contribution in [1.29, 1.82) is 0 Å². The highest BCUT2D eigenvalue weighted by molar-refractivity contribution is 8.30. The molecule has 3 aromatic rings. The lowest BCUT2D eigenvalue weighted by molar-refractivity contribution is -0.477. The maximum absolute atomic E-state index is 15.5. The lowest BCUT2D eigenvalue weighted by atomic mass is 9.85. The number of alkyl halides is 23. The van der Waals surface area contributed by atoms with E-state index in [9.17, 15) is 88.2 Å². The summed E-state index contributed by atoms with van der Waals surface area (Å²) in [6.07, 6.45) is -2.11. The first kappa shape index (κ1) is 56.0. The SMILES string of the molecule is CCCCCCCCCOc1ccc(S(OC(=O)C(F)(F)C(F)(F)C(F)(F)C(F)(F)C(F)(F)C(F)(F)C(F)(F)C(F)(F)C(F)(F)C(F)(F)C(F)(F)F)(c2ccccc2)c2ccccc2)cc1. The Morgan fingerprint density at radius 1 is 0.409 bits per heavy atom. The van der Waals surface area contributed by atoms with Crippen molar-refractivity contribution in [2.45, 2.75) is 132 Å². The molecular formula is C39H33F23O3S. The van der Waals surface area contributed by atoms with Crippen LogP contribution in [0.2, 0.25) is 0 Å². The summed E-state index contributed by atoms with van der Waals surface area (Å²) < 4.78 is 336. The average Bonchev–Trinajstić information content (AvgIpc) is 3.23. The van der Waals surface area contributed by atoms with Crippen molar-refractivity contribution in [3.8, 4) is 5.75 Å². The Balaban J connectivity index is 2.14. The molecule has 3 rings (SSSR count). The summed E-state index contributed by atoms with van der Waals surface area (Å²) in [6.45, 7) is 2.11. The Morgan fingerprint density at radius 3 is 1.09 bits per heavy atom. The second kappa shape index (κ2) is 19.0. The van der Waals surface area contributed by atoms with Crippen molar-refractivity contribution in [2.24, 2.45) is 0 Å².